The summed E-state index contributed by atoms with van der Waals surface area (Å²) < 4.78 is 11.5. The second-order valence-electron chi connectivity index (χ2n) is 6.80. The average molecular weight is 373 g/mol. The van der Waals surface area contributed by atoms with Crippen molar-refractivity contribution in [1.82, 2.24) is 9.99 Å². The zero-order valence-electron chi connectivity index (χ0n) is 15.3. The van der Waals surface area contributed by atoms with E-state index < -0.39 is 6.23 Å². The van der Waals surface area contributed by atoms with Gasteiger partial charge in [-0.15, -0.1) is 0 Å². The first-order chi connectivity index (χ1) is 13.7. The van der Waals surface area contributed by atoms with Crippen molar-refractivity contribution in [3.05, 3.63) is 83.7 Å². The molecule has 140 valence electrons. The van der Waals surface area contributed by atoms with Gasteiger partial charge < -0.3 is 14.6 Å². The number of pyridine rings is 1. The number of phenolic OH excluding ortho intramolecular Hbond substituents is 1. The molecule has 2 aliphatic heterocycles. The van der Waals surface area contributed by atoms with Crippen LogP contribution in [-0.4, -0.2) is 27.9 Å². The minimum absolute atomic E-state index is 0.0618. The standard InChI is InChI=1S/C22H19N3O3/c1-27-21-12-14(9-10-19(21)26)17-13-18-15-6-2-3-8-20(15)28-22(25(18)24-17)16-7-4-5-11-23-16/h2-12,18,22,26H,13H2,1H3/t18-,22+/m0/s1. The van der Waals surface area contributed by atoms with Crippen molar-refractivity contribution in [1.29, 1.82) is 0 Å². The van der Waals surface area contributed by atoms with E-state index in [1.54, 1.807) is 19.4 Å². The van der Waals surface area contributed by atoms with Crippen LogP contribution in [0.25, 0.3) is 0 Å². The number of benzene rings is 2. The fourth-order valence-corrected chi connectivity index (χ4v) is 3.78. The molecular weight excluding hydrogens is 354 g/mol. The van der Waals surface area contributed by atoms with Gasteiger partial charge in [0.15, 0.2) is 11.5 Å². The van der Waals surface area contributed by atoms with Crippen LogP contribution in [0.1, 0.15) is 35.5 Å². The minimum atomic E-state index is -0.391. The van der Waals surface area contributed by atoms with E-state index in [0.717, 1.165) is 34.7 Å². The largest absolute Gasteiger partial charge is 0.504 e. The summed E-state index contributed by atoms with van der Waals surface area (Å²) in [6, 6.07) is 19.2. The Kier molecular flexibility index (Phi) is 3.90. The Balaban J connectivity index is 1.58. The summed E-state index contributed by atoms with van der Waals surface area (Å²) in [6.07, 6.45) is 2.11. The lowest BCUT2D eigenvalue weighted by Crippen LogP contribution is -2.34. The Hall–Kier alpha value is -3.54. The monoisotopic (exact) mass is 373 g/mol. The number of rotatable bonds is 3. The minimum Gasteiger partial charge on any atom is -0.504 e. The third-order valence-electron chi connectivity index (χ3n) is 5.15. The highest BCUT2D eigenvalue weighted by Crippen LogP contribution is 2.47. The highest BCUT2D eigenvalue weighted by atomic mass is 16.5. The first-order valence-electron chi connectivity index (χ1n) is 9.14. The molecule has 2 aromatic carbocycles. The van der Waals surface area contributed by atoms with E-state index in [4.69, 9.17) is 14.6 Å². The van der Waals surface area contributed by atoms with Gasteiger partial charge in [0, 0.05) is 23.7 Å². The number of para-hydroxylation sites is 1. The Bertz CT molecular complexity index is 1050. The van der Waals surface area contributed by atoms with E-state index in [0.29, 0.717) is 5.75 Å². The fourth-order valence-electron chi connectivity index (χ4n) is 3.78. The molecule has 0 spiro atoms. The van der Waals surface area contributed by atoms with Gasteiger partial charge in [-0.25, -0.2) is 5.01 Å². The molecule has 0 aliphatic carbocycles. The Morgan fingerprint density at radius 1 is 1.11 bits per heavy atom. The first-order valence-corrected chi connectivity index (χ1v) is 9.14. The van der Waals surface area contributed by atoms with Gasteiger partial charge in [0.25, 0.3) is 0 Å². The van der Waals surface area contributed by atoms with Crippen molar-refractivity contribution in [3.63, 3.8) is 0 Å². The van der Waals surface area contributed by atoms with Crippen molar-refractivity contribution >= 4 is 5.71 Å². The second kappa shape index (κ2) is 6.56. The summed E-state index contributed by atoms with van der Waals surface area (Å²) in [5, 5.41) is 16.8. The van der Waals surface area contributed by atoms with Crippen molar-refractivity contribution in [2.45, 2.75) is 18.7 Å². The Morgan fingerprint density at radius 2 is 1.96 bits per heavy atom. The molecule has 0 amide bonds. The Labute approximate surface area is 162 Å². The van der Waals surface area contributed by atoms with Crippen LogP contribution in [0, 0.1) is 0 Å². The van der Waals surface area contributed by atoms with Gasteiger partial charge in [0.2, 0.25) is 6.23 Å². The molecule has 5 rings (SSSR count). The van der Waals surface area contributed by atoms with Crippen LogP contribution < -0.4 is 9.47 Å². The van der Waals surface area contributed by atoms with E-state index >= 15 is 0 Å². The summed E-state index contributed by atoms with van der Waals surface area (Å²) in [5.74, 6) is 1.41. The summed E-state index contributed by atoms with van der Waals surface area (Å²) in [7, 11) is 1.54. The number of ether oxygens (including phenoxy) is 2. The summed E-state index contributed by atoms with van der Waals surface area (Å²) >= 11 is 0. The van der Waals surface area contributed by atoms with E-state index in [9.17, 15) is 5.11 Å². The predicted octanol–water partition coefficient (Wildman–Crippen LogP) is 4.04. The molecule has 1 aromatic heterocycles. The topological polar surface area (TPSA) is 67.2 Å². The lowest BCUT2D eigenvalue weighted by atomic mass is 9.96. The Morgan fingerprint density at radius 3 is 2.79 bits per heavy atom. The highest BCUT2D eigenvalue weighted by Gasteiger charge is 2.41. The van der Waals surface area contributed by atoms with E-state index in [1.807, 2.05) is 53.5 Å². The molecule has 0 radical (unpaired) electrons. The summed E-state index contributed by atoms with van der Waals surface area (Å²) in [6.45, 7) is 0. The quantitative estimate of drug-likeness (QED) is 0.751. The van der Waals surface area contributed by atoms with Crippen molar-refractivity contribution < 1.29 is 14.6 Å². The number of nitrogens with zero attached hydrogens (tertiary/aromatic N) is 3. The molecule has 0 saturated heterocycles. The zero-order valence-corrected chi connectivity index (χ0v) is 15.3. The molecule has 0 bridgehead atoms. The van der Waals surface area contributed by atoms with Crippen LogP contribution in [0.2, 0.25) is 0 Å². The van der Waals surface area contributed by atoms with Crippen LogP contribution >= 0.6 is 0 Å². The van der Waals surface area contributed by atoms with Gasteiger partial charge in [-0.2, -0.15) is 5.10 Å². The molecular formula is C22H19N3O3. The van der Waals surface area contributed by atoms with Crippen LogP contribution in [0.3, 0.4) is 0 Å². The second-order valence-corrected chi connectivity index (χ2v) is 6.80. The van der Waals surface area contributed by atoms with Crippen LogP contribution in [0.4, 0.5) is 0 Å². The number of aromatic hydroxyl groups is 1. The molecule has 2 atom stereocenters. The van der Waals surface area contributed by atoms with Crippen molar-refractivity contribution in [2.24, 2.45) is 5.10 Å². The maximum Gasteiger partial charge on any atom is 0.230 e. The van der Waals surface area contributed by atoms with Crippen molar-refractivity contribution in [3.8, 4) is 17.2 Å². The first kappa shape index (κ1) is 16.6. The molecule has 3 heterocycles. The molecule has 0 saturated carbocycles. The molecule has 6 heteroatoms. The molecule has 6 nitrogen and oxygen atoms in total. The van der Waals surface area contributed by atoms with Gasteiger partial charge in [-0.3, -0.25) is 4.98 Å². The number of fused-ring (bicyclic) bond motifs is 3. The van der Waals surface area contributed by atoms with E-state index in [1.165, 1.54) is 0 Å². The van der Waals surface area contributed by atoms with Gasteiger partial charge in [-0.1, -0.05) is 24.3 Å². The predicted molar refractivity (Wildman–Crippen MR) is 104 cm³/mol. The fraction of sp³-hybridized carbons (Fsp3) is 0.182. The summed E-state index contributed by atoms with van der Waals surface area (Å²) in [4.78, 5) is 4.48. The third kappa shape index (κ3) is 2.65. The SMILES string of the molecule is COc1cc(C2=NN3[C@@H](c4ccccn4)Oc4ccccc4[C@@H]3C2)ccc1O. The smallest absolute Gasteiger partial charge is 0.230 e. The molecule has 2 aliphatic rings. The van der Waals surface area contributed by atoms with Gasteiger partial charge in [0.1, 0.15) is 11.4 Å². The van der Waals surface area contributed by atoms with E-state index in [-0.39, 0.29) is 11.8 Å². The summed E-state index contributed by atoms with van der Waals surface area (Å²) in [5.41, 5.74) is 3.76. The molecule has 0 unspecified atom stereocenters. The van der Waals surface area contributed by atoms with E-state index in [2.05, 4.69) is 11.1 Å². The number of aromatic nitrogens is 1. The number of hydrazone groups is 1. The normalized spacial score (nSPS) is 20.0. The highest BCUT2D eigenvalue weighted by molar-refractivity contribution is 6.02. The van der Waals surface area contributed by atoms with Crippen LogP contribution in [-0.2, 0) is 0 Å². The van der Waals surface area contributed by atoms with Gasteiger partial charge in [0.05, 0.1) is 18.9 Å². The maximum atomic E-state index is 9.90. The maximum absolute atomic E-state index is 9.90. The number of hydrogen-bond donors (Lipinski definition) is 1. The molecule has 28 heavy (non-hydrogen) atoms. The van der Waals surface area contributed by atoms with Crippen molar-refractivity contribution in [2.75, 3.05) is 7.11 Å². The lowest BCUT2D eigenvalue weighted by Gasteiger charge is -2.37. The van der Waals surface area contributed by atoms with Crippen LogP contribution in [0.15, 0.2) is 72.0 Å². The number of methoxy groups -OCH3 is 1. The average Bonchev–Trinajstić information content (AvgIpc) is 3.20. The number of hydrogen-bond acceptors (Lipinski definition) is 6. The van der Waals surface area contributed by atoms with Gasteiger partial charge >= 0.3 is 0 Å². The van der Waals surface area contributed by atoms with Crippen LogP contribution in [0.5, 0.6) is 17.2 Å². The number of phenols is 1. The molecule has 0 fully saturated rings. The molecule has 1 N–H and O–H groups in total. The third-order valence-corrected chi connectivity index (χ3v) is 5.15. The molecule has 3 aromatic rings. The zero-order chi connectivity index (χ0) is 19.1. The lowest BCUT2D eigenvalue weighted by molar-refractivity contribution is -0.0218. The van der Waals surface area contributed by atoms with Gasteiger partial charge in [-0.05, 0) is 36.4 Å².